The van der Waals surface area contributed by atoms with Gasteiger partial charge in [0.25, 0.3) is 5.91 Å². The Kier molecular flexibility index (Phi) is 4.81. The molecule has 0 aliphatic carbocycles. The Hall–Kier alpha value is -3.48. The van der Waals surface area contributed by atoms with Crippen molar-refractivity contribution in [3.8, 4) is 11.3 Å². The Balaban J connectivity index is 1.50. The molecule has 1 aliphatic heterocycles. The first kappa shape index (κ1) is 19.5. The van der Waals surface area contributed by atoms with Crippen molar-refractivity contribution in [2.45, 2.75) is 18.7 Å². The average Bonchev–Trinajstić information content (AvgIpc) is 3.33. The van der Waals surface area contributed by atoms with Gasteiger partial charge in [-0.25, -0.2) is 4.68 Å². The normalized spacial score (nSPS) is 17.7. The fourth-order valence-corrected chi connectivity index (χ4v) is 4.12. The second-order valence-electron chi connectivity index (χ2n) is 7.57. The van der Waals surface area contributed by atoms with Crippen LogP contribution in [0.15, 0.2) is 85.1 Å². The molecule has 4 aromatic rings. The molecule has 1 amide bonds. The number of hydrogen-bond donors (Lipinski definition) is 1. The van der Waals surface area contributed by atoms with Gasteiger partial charge in [0.15, 0.2) is 5.60 Å². The molecule has 1 aliphatic rings. The van der Waals surface area contributed by atoms with Crippen molar-refractivity contribution in [3.63, 3.8) is 0 Å². The first-order valence-corrected chi connectivity index (χ1v) is 10.3. The van der Waals surface area contributed by atoms with Gasteiger partial charge in [-0.3, -0.25) is 4.79 Å². The van der Waals surface area contributed by atoms with Crippen LogP contribution < -0.4 is 4.90 Å². The Morgan fingerprint density at radius 1 is 0.968 bits per heavy atom. The average molecular weight is 431 g/mol. The SMILES string of the molecule is O=C1N(Cc2ccccc2)c2ccc(Cl)cc2C1(O)Cn1cc(-c2ccccc2)nn1. The van der Waals surface area contributed by atoms with Crippen molar-refractivity contribution >= 4 is 23.2 Å². The highest BCUT2D eigenvalue weighted by Crippen LogP contribution is 2.43. The lowest BCUT2D eigenvalue weighted by Gasteiger charge is -2.23. The highest BCUT2D eigenvalue weighted by molar-refractivity contribution is 6.31. The molecule has 1 aromatic heterocycles. The molecule has 0 saturated carbocycles. The number of rotatable bonds is 5. The van der Waals surface area contributed by atoms with Crippen LogP contribution in [-0.2, 0) is 23.5 Å². The molecule has 0 saturated heterocycles. The molecule has 31 heavy (non-hydrogen) atoms. The molecule has 3 aromatic carbocycles. The van der Waals surface area contributed by atoms with E-state index >= 15 is 0 Å². The van der Waals surface area contributed by atoms with Gasteiger partial charge in [0.2, 0.25) is 0 Å². The topological polar surface area (TPSA) is 71.2 Å². The zero-order chi connectivity index (χ0) is 21.4. The first-order valence-electron chi connectivity index (χ1n) is 9.88. The number of amides is 1. The highest BCUT2D eigenvalue weighted by Gasteiger charge is 2.50. The summed E-state index contributed by atoms with van der Waals surface area (Å²) in [5.41, 5.74) is 1.86. The van der Waals surface area contributed by atoms with Crippen molar-refractivity contribution in [1.82, 2.24) is 15.0 Å². The molecule has 0 radical (unpaired) electrons. The van der Waals surface area contributed by atoms with E-state index in [-0.39, 0.29) is 6.54 Å². The van der Waals surface area contributed by atoms with E-state index in [2.05, 4.69) is 10.3 Å². The summed E-state index contributed by atoms with van der Waals surface area (Å²) in [5.74, 6) is -0.412. The van der Waals surface area contributed by atoms with Gasteiger partial charge < -0.3 is 10.0 Å². The van der Waals surface area contributed by atoms with Gasteiger partial charge in [0, 0.05) is 16.1 Å². The molecule has 154 valence electrons. The summed E-state index contributed by atoms with van der Waals surface area (Å²) in [5, 5.41) is 20.4. The lowest BCUT2D eigenvalue weighted by atomic mass is 9.95. The fourth-order valence-electron chi connectivity index (χ4n) is 3.95. The fraction of sp³-hybridized carbons (Fsp3) is 0.125. The number of hydrogen-bond acceptors (Lipinski definition) is 4. The summed E-state index contributed by atoms with van der Waals surface area (Å²) in [6.07, 6.45) is 1.73. The number of aliphatic hydroxyl groups is 1. The molecule has 5 rings (SSSR count). The summed E-state index contributed by atoms with van der Waals surface area (Å²) in [6.45, 7) is 0.285. The van der Waals surface area contributed by atoms with Crippen LogP contribution >= 0.6 is 11.6 Å². The maximum absolute atomic E-state index is 13.5. The predicted octanol–water partition coefficient (Wildman–Crippen LogP) is 4.03. The van der Waals surface area contributed by atoms with Crippen LogP contribution in [0.25, 0.3) is 11.3 Å². The van der Waals surface area contributed by atoms with Crippen LogP contribution in [0.2, 0.25) is 5.02 Å². The van der Waals surface area contributed by atoms with Crippen molar-refractivity contribution in [3.05, 3.63) is 101 Å². The van der Waals surface area contributed by atoms with Gasteiger partial charge in [0.05, 0.1) is 25.0 Å². The Morgan fingerprint density at radius 3 is 2.42 bits per heavy atom. The Morgan fingerprint density at radius 2 is 1.68 bits per heavy atom. The van der Waals surface area contributed by atoms with E-state index in [1.807, 2.05) is 60.7 Å². The molecule has 1 N–H and O–H groups in total. The molecular weight excluding hydrogens is 412 g/mol. The van der Waals surface area contributed by atoms with Crippen molar-refractivity contribution in [2.24, 2.45) is 0 Å². The van der Waals surface area contributed by atoms with E-state index < -0.39 is 11.5 Å². The number of carbonyl (C=O) groups is 1. The number of fused-ring (bicyclic) bond motifs is 1. The minimum absolute atomic E-state index is 0.0652. The number of halogens is 1. The maximum atomic E-state index is 13.5. The maximum Gasteiger partial charge on any atom is 0.265 e. The van der Waals surface area contributed by atoms with E-state index in [9.17, 15) is 9.90 Å². The highest BCUT2D eigenvalue weighted by atomic mass is 35.5. The van der Waals surface area contributed by atoms with E-state index in [1.54, 1.807) is 29.3 Å². The third-order valence-electron chi connectivity index (χ3n) is 5.48. The minimum Gasteiger partial charge on any atom is -0.374 e. The summed E-state index contributed by atoms with van der Waals surface area (Å²) < 4.78 is 1.50. The molecule has 1 unspecified atom stereocenters. The van der Waals surface area contributed by atoms with Crippen LogP contribution in [0.5, 0.6) is 0 Å². The third-order valence-corrected chi connectivity index (χ3v) is 5.71. The molecule has 7 heteroatoms. The monoisotopic (exact) mass is 430 g/mol. The van der Waals surface area contributed by atoms with Gasteiger partial charge in [0.1, 0.15) is 5.69 Å². The van der Waals surface area contributed by atoms with Gasteiger partial charge in [-0.1, -0.05) is 77.5 Å². The Labute approximate surface area is 184 Å². The zero-order valence-electron chi connectivity index (χ0n) is 16.5. The van der Waals surface area contributed by atoms with Crippen LogP contribution in [0.4, 0.5) is 5.69 Å². The predicted molar refractivity (Wildman–Crippen MR) is 118 cm³/mol. The molecule has 1 atom stereocenters. The van der Waals surface area contributed by atoms with Crippen LogP contribution in [0, 0.1) is 0 Å². The van der Waals surface area contributed by atoms with E-state index in [0.29, 0.717) is 28.5 Å². The Bertz CT molecular complexity index is 1240. The number of aromatic nitrogens is 3. The molecule has 0 fully saturated rings. The van der Waals surface area contributed by atoms with E-state index in [0.717, 1.165) is 11.1 Å². The molecule has 6 nitrogen and oxygen atoms in total. The van der Waals surface area contributed by atoms with Crippen LogP contribution in [-0.4, -0.2) is 26.0 Å². The smallest absolute Gasteiger partial charge is 0.265 e. The quantitative estimate of drug-likeness (QED) is 0.519. The van der Waals surface area contributed by atoms with Crippen LogP contribution in [0.1, 0.15) is 11.1 Å². The van der Waals surface area contributed by atoms with Gasteiger partial charge in [-0.15, -0.1) is 5.10 Å². The lowest BCUT2D eigenvalue weighted by Crippen LogP contribution is -2.43. The molecule has 0 spiro atoms. The largest absolute Gasteiger partial charge is 0.374 e. The van der Waals surface area contributed by atoms with E-state index in [1.165, 1.54) is 4.68 Å². The number of nitrogens with zero attached hydrogens (tertiary/aromatic N) is 4. The van der Waals surface area contributed by atoms with Gasteiger partial charge >= 0.3 is 0 Å². The number of carbonyl (C=O) groups excluding carboxylic acids is 1. The third kappa shape index (κ3) is 3.50. The second kappa shape index (κ2) is 7.65. The van der Waals surface area contributed by atoms with E-state index in [4.69, 9.17) is 11.6 Å². The van der Waals surface area contributed by atoms with Crippen molar-refractivity contribution in [1.29, 1.82) is 0 Å². The summed E-state index contributed by atoms with van der Waals surface area (Å²) in [6, 6.07) is 24.4. The zero-order valence-corrected chi connectivity index (χ0v) is 17.3. The van der Waals surface area contributed by atoms with Crippen LogP contribution in [0.3, 0.4) is 0 Å². The minimum atomic E-state index is -1.79. The number of anilines is 1. The summed E-state index contributed by atoms with van der Waals surface area (Å²) in [4.78, 5) is 15.0. The van der Waals surface area contributed by atoms with Crippen molar-refractivity contribution < 1.29 is 9.90 Å². The standard InChI is InChI=1S/C24H19ClN4O2/c25-19-11-12-22-20(13-19)24(31,23(30)29(22)14-17-7-3-1-4-8-17)16-28-15-21(26-27-28)18-9-5-2-6-10-18/h1-13,15,31H,14,16H2. The lowest BCUT2D eigenvalue weighted by molar-refractivity contribution is -0.138. The first-order chi connectivity index (χ1) is 15.0. The second-order valence-corrected chi connectivity index (χ2v) is 8.00. The van der Waals surface area contributed by atoms with Gasteiger partial charge in [-0.2, -0.15) is 0 Å². The van der Waals surface area contributed by atoms with Crippen molar-refractivity contribution in [2.75, 3.05) is 4.90 Å². The summed E-state index contributed by atoms with van der Waals surface area (Å²) >= 11 is 6.22. The van der Waals surface area contributed by atoms with Gasteiger partial charge in [-0.05, 0) is 23.8 Å². The summed E-state index contributed by atoms with van der Waals surface area (Å²) in [7, 11) is 0. The molecule has 2 heterocycles. The molecule has 0 bridgehead atoms. The number of benzene rings is 3. The molecular formula is C24H19ClN4O2.